The van der Waals surface area contributed by atoms with Crippen molar-refractivity contribution in [2.24, 2.45) is 23.7 Å². The normalized spacial score (nSPS) is 50.7. The lowest BCUT2D eigenvalue weighted by molar-refractivity contribution is 0.00156. The molecule has 0 heterocycles. The standard InChI is InChI=1S/C18H28F4/c19-13-4-1-11(2-5-13)15-7-3-12(9-17(15)21)16-8-6-14(20)10-18(16)22/h11-18H,1-10H2. The van der Waals surface area contributed by atoms with E-state index >= 15 is 0 Å². The Bertz CT molecular complexity index is 353. The molecule has 6 atom stereocenters. The minimum Gasteiger partial charge on any atom is -0.247 e. The fraction of sp³-hybridized carbons (Fsp3) is 1.00. The van der Waals surface area contributed by atoms with E-state index in [9.17, 15) is 17.6 Å². The van der Waals surface area contributed by atoms with E-state index in [1.54, 1.807) is 0 Å². The van der Waals surface area contributed by atoms with Crippen LogP contribution in [0.25, 0.3) is 0 Å². The maximum absolute atomic E-state index is 14.6. The van der Waals surface area contributed by atoms with Gasteiger partial charge >= 0.3 is 0 Å². The van der Waals surface area contributed by atoms with E-state index in [2.05, 4.69) is 0 Å². The van der Waals surface area contributed by atoms with Crippen molar-refractivity contribution >= 4 is 0 Å². The second-order valence-corrected chi connectivity index (χ2v) is 7.86. The van der Waals surface area contributed by atoms with Crippen molar-refractivity contribution in [3.8, 4) is 0 Å². The van der Waals surface area contributed by atoms with Crippen LogP contribution in [0.15, 0.2) is 0 Å². The third-order valence-electron chi connectivity index (χ3n) is 6.53. The van der Waals surface area contributed by atoms with E-state index < -0.39 is 24.7 Å². The molecule has 3 aliphatic rings. The molecule has 0 aromatic rings. The Labute approximate surface area is 131 Å². The fourth-order valence-electron chi connectivity index (χ4n) is 5.22. The lowest BCUT2D eigenvalue weighted by Gasteiger charge is -2.42. The summed E-state index contributed by atoms with van der Waals surface area (Å²) in [6.45, 7) is 0. The highest BCUT2D eigenvalue weighted by atomic mass is 19.2. The van der Waals surface area contributed by atoms with Gasteiger partial charge in [-0.3, -0.25) is 0 Å². The van der Waals surface area contributed by atoms with Crippen molar-refractivity contribution in [1.82, 2.24) is 0 Å². The molecular weight excluding hydrogens is 292 g/mol. The van der Waals surface area contributed by atoms with Crippen LogP contribution in [-0.4, -0.2) is 24.7 Å². The van der Waals surface area contributed by atoms with Crippen molar-refractivity contribution in [1.29, 1.82) is 0 Å². The summed E-state index contributed by atoms with van der Waals surface area (Å²) in [5, 5.41) is 0. The van der Waals surface area contributed by atoms with E-state index in [1.807, 2.05) is 0 Å². The molecule has 22 heavy (non-hydrogen) atoms. The van der Waals surface area contributed by atoms with Gasteiger partial charge in [0.05, 0.1) is 0 Å². The molecule has 0 aromatic heterocycles. The molecule has 0 radical (unpaired) electrons. The van der Waals surface area contributed by atoms with Gasteiger partial charge in [0.15, 0.2) is 0 Å². The third-order valence-corrected chi connectivity index (χ3v) is 6.53. The zero-order chi connectivity index (χ0) is 15.7. The maximum Gasteiger partial charge on any atom is 0.106 e. The van der Waals surface area contributed by atoms with E-state index in [0.29, 0.717) is 38.0 Å². The van der Waals surface area contributed by atoms with Gasteiger partial charge in [0.25, 0.3) is 0 Å². The summed E-state index contributed by atoms with van der Waals surface area (Å²) < 4.78 is 55.2. The van der Waals surface area contributed by atoms with Crippen LogP contribution < -0.4 is 0 Å². The first-order valence-corrected chi connectivity index (χ1v) is 9.11. The molecule has 3 saturated carbocycles. The first kappa shape index (κ1) is 16.6. The molecule has 0 N–H and O–H groups in total. The molecule has 0 saturated heterocycles. The van der Waals surface area contributed by atoms with Crippen LogP contribution in [0.4, 0.5) is 17.6 Å². The van der Waals surface area contributed by atoms with Gasteiger partial charge in [0, 0.05) is 6.42 Å². The van der Waals surface area contributed by atoms with E-state index in [-0.39, 0.29) is 24.2 Å². The quantitative estimate of drug-likeness (QED) is 0.569. The van der Waals surface area contributed by atoms with Crippen LogP contribution in [0, 0.1) is 23.7 Å². The summed E-state index contributed by atoms with van der Waals surface area (Å²) in [6, 6.07) is 0. The van der Waals surface area contributed by atoms with Crippen molar-refractivity contribution in [3.05, 3.63) is 0 Å². The molecule has 0 amide bonds. The number of halogens is 4. The molecule has 3 rings (SSSR count). The molecule has 0 aliphatic heterocycles. The van der Waals surface area contributed by atoms with E-state index in [4.69, 9.17) is 0 Å². The fourth-order valence-corrected chi connectivity index (χ4v) is 5.22. The molecule has 3 aliphatic carbocycles. The average molecular weight is 320 g/mol. The summed E-state index contributed by atoms with van der Waals surface area (Å²) in [6.07, 6.45) is 2.16. The molecule has 128 valence electrons. The van der Waals surface area contributed by atoms with Gasteiger partial charge < -0.3 is 0 Å². The minimum atomic E-state index is -1.10. The molecular formula is C18H28F4. The highest BCUT2D eigenvalue weighted by molar-refractivity contribution is 4.92. The van der Waals surface area contributed by atoms with Gasteiger partial charge in [-0.25, -0.2) is 17.6 Å². The lowest BCUT2D eigenvalue weighted by atomic mass is 9.65. The summed E-state index contributed by atoms with van der Waals surface area (Å²) in [7, 11) is 0. The number of alkyl halides is 4. The Morgan fingerprint density at radius 3 is 1.59 bits per heavy atom. The van der Waals surface area contributed by atoms with Crippen LogP contribution in [0.2, 0.25) is 0 Å². The maximum atomic E-state index is 14.6. The van der Waals surface area contributed by atoms with Crippen LogP contribution in [0.5, 0.6) is 0 Å². The second-order valence-electron chi connectivity index (χ2n) is 7.86. The van der Waals surface area contributed by atoms with Gasteiger partial charge in [-0.1, -0.05) is 0 Å². The van der Waals surface area contributed by atoms with Gasteiger partial charge in [0.2, 0.25) is 0 Å². The molecule has 6 unspecified atom stereocenters. The van der Waals surface area contributed by atoms with Crippen LogP contribution in [-0.2, 0) is 0 Å². The topological polar surface area (TPSA) is 0 Å². The van der Waals surface area contributed by atoms with Gasteiger partial charge in [-0.05, 0) is 81.5 Å². The lowest BCUT2D eigenvalue weighted by Crippen LogP contribution is -2.40. The van der Waals surface area contributed by atoms with Gasteiger partial charge in [-0.15, -0.1) is 0 Å². The molecule has 4 heteroatoms. The van der Waals surface area contributed by atoms with Crippen molar-refractivity contribution < 1.29 is 17.6 Å². The smallest absolute Gasteiger partial charge is 0.106 e. The van der Waals surface area contributed by atoms with Crippen LogP contribution in [0.1, 0.15) is 64.2 Å². The van der Waals surface area contributed by atoms with E-state index in [0.717, 1.165) is 25.7 Å². The van der Waals surface area contributed by atoms with Crippen molar-refractivity contribution in [2.45, 2.75) is 88.9 Å². The number of rotatable bonds is 2. The predicted molar refractivity (Wildman–Crippen MR) is 79.7 cm³/mol. The summed E-state index contributed by atoms with van der Waals surface area (Å²) in [5.74, 6) is 0.282. The predicted octanol–water partition coefficient (Wildman–Crippen LogP) is 5.75. The highest BCUT2D eigenvalue weighted by Crippen LogP contribution is 2.46. The van der Waals surface area contributed by atoms with Crippen molar-refractivity contribution in [2.75, 3.05) is 0 Å². The Hall–Kier alpha value is -0.280. The van der Waals surface area contributed by atoms with Crippen LogP contribution in [0.3, 0.4) is 0 Å². The zero-order valence-corrected chi connectivity index (χ0v) is 13.2. The first-order valence-electron chi connectivity index (χ1n) is 9.11. The zero-order valence-electron chi connectivity index (χ0n) is 13.2. The van der Waals surface area contributed by atoms with Crippen LogP contribution >= 0.6 is 0 Å². The minimum absolute atomic E-state index is 0.00204. The molecule has 0 spiro atoms. The Kier molecular flexibility index (Phi) is 5.34. The molecule has 0 nitrogen and oxygen atoms in total. The average Bonchev–Trinajstić information content (AvgIpc) is 2.48. The summed E-state index contributed by atoms with van der Waals surface area (Å²) in [4.78, 5) is 0. The Balaban J connectivity index is 1.53. The monoisotopic (exact) mass is 320 g/mol. The highest BCUT2D eigenvalue weighted by Gasteiger charge is 2.42. The van der Waals surface area contributed by atoms with Gasteiger partial charge in [0.1, 0.15) is 24.7 Å². The summed E-state index contributed by atoms with van der Waals surface area (Å²) >= 11 is 0. The third kappa shape index (κ3) is 3.62. The van der Waals surface area contributed by atoms with Crippen molar-refractivity contribution in [3.63, 3.8) is 0 Å². The van der Waals surface area contributed by atoms with E-state index in [1.165, 1.54) is 0 Å². The Morgan fingerprint density at radius 1 is 0.455 bits per heavy atom. The first-order chi connectivity index (χ1) is 10.5. The molecule has 0 aromatic carbocycles. The number of hydrogen-bond donors (Lipinski definition) is 0. The number of hydrogen-bond acceptors (Lipinski definition) is 0. The molecule has 0 bridgehead atoms. The summed E-state index contributed by atoms with van der Waals surface area (Å²) in [5.41, 5.74) is 0. The second kappa shape index (κ2) is 7.09. The van der Waals surface area contributed by atoms with Gasteiger partial charge in [-0.2, -0.15) is 0 Å². The molecule has 3 fully saturated rings. The Morgan fingerprint density at radius 2 is 0.955 bits per heavy atom. The SMILES string of the molecule is FC1CCC(C2CCC(C3CCC(F)CC3F)CC2F)CC1. The largest absolute Gasteiger partial charge is 0.247 e.